The van der Waals surface area contributed by atoms with E-state index in [-0.39, 0.29) is 11.2 Å². The lowest BCUT2D eigenvalue weighted by molar-refractivity contribution is -0.384. The highest BCUT2D eigenvalue weighted by Crippen LogP contribution is 2.32. The molecule has 1 heterocycles. The Morgan fingerprint density at radius 2 is 1.84 bits per heavy atom. The predicted molar refractivity (Wildman–Crippen MR) is 77.0 cm³/mol. The van der Waals surface area contributed by atoms with Crippen LogP contribution in [0.2, 0.25) is 0 Å². The van der Waals surface area contributed by atoms with Gasteiger partial charge in [0.15, 0.2) is 0 Å². The lowest BCUT2D eigenvalue weighted by atomic mass is 10.1. The highest BCUT2D eigenvalue weighted by Gasteiger charge is 2.21. The molecule has 0 spiro atoms. The molecule has 1 aromatic heterocycles. The summed E-state index contributed by atoms with van der Waals surface area (Å²) in [5.74, 6) is 0. The maximum atomic E-state index is 10.7. The topological polar surface area (TPSA) is 61.0 Å². The number of hydrogen-bond donors (Lipinski definition) is 0. The van der Waals surface area contributed by atoms with Crippen molar-refractivity contribution >= 4 is 21.6 Å². The van der Waals surface area contributed by atoms with Crippen LogP contribution < -0.4 is 0 Å². The third-order valence-corrected chi connectivity index (χ3v) is 3.29. The molecule has 0 unspecified atom stereocenters. The number of aromatic nitrogens is 2. The molecule has 6 heteroatoms. The van der Waals surface area contributed by atoms with E-state index in [1.165, 1.54) is 12.1 Å². The Morgan fingerprint density at radius 1 is 1.26 bits per heavy atom. The smallest absolute Gasteiger partial charge is 0.258 e. The molecule has 0 bridgehead atoms. The fourth-order valence-corrected chi connectivity index (χ4v) is 2.33. The van der Waals surface area contributed by atoms with Gasteiger partial charge < -0.3 is 0 Å². The Kier molecular flexibility index (Phi) is 3.45. The second-order valence-electron chi connectivity index (χ2n) is 5.23. The van der Waals surface area contributed by atoms with E-state index in [4.69, 9.17) is 0 Å². The first kappa shape index (κ1) is 13.7. The maximum absolute atomic E-state index is 10.7. The van der Waals surface area contributed by atoms with Gasteiger partial charge in [-0.25, -0.2) is 0 Å². The molecule has 1 aromatic carbocycles. The quantitative estimate of drug-likeness (QED) is 0.620. The van der Waals surface area contributed by atoms with Crippen molar-refractivity contribution in [3.63, 3.8) is 0 Å². The van der Waals surface area contributed by atoms with Gasteiger partial charge in [0.25, 0.3) is 5.69 Å². The standard InChI is InChI=1S/C13H14BrN3O2/c1-13(2,3)16-12(11(14)8-15-16)9-4-6-10(7-5-9)17(18)19/h4-8H,1-3H3. The summed E-state index contributed by atoms with van der Waals surface area (Å²) in [6, 6.07) is 6.48. The molecule has 0 N–H and O–H groups in total. The molecule has 100 valence electrons. The van der Waals surface area contributed by atoms with Crippen molar-refractivity contribution in [1.82, 2.24) is 9.78 Å². The highest BCUT2D eigenvalue weighted by atomic mass is 79.9. The number of non-ortho nitro benzene ring substituents is 1. The number of hydrogen-bond acceptors (Lipinski definition) is 3. The van der Waals surface area contributed by atoms with E-state index in [0.717, 1.165) is 15.7 Å². The van der Waals surface area contributed by atoms with E-state index in [2.05, 4.69) is 41.8 Å². The molecular weight excluding hydrogens is 310 g/mol. The van der Waals surface area contributed by atoms with Crippen molar-refractivity contribution in [1.29, 1.82) is 0 Å². The predicted octanol–water partition coefficient (Wildman–Crippen LogP) is 3.98. The van der Waals surface area contributed by atoms with Gasteiger partial charge in [-0.2, -0.15) is 5.10 Å². The number of halogens is 1. The van der Waals surface area contributed by atoms with Crippen LogP contribution in [0.1, 0.15) is 20.8 Å². The fraction of sp³-hybridized carbons (Fsp3) is 0.308. The average Bonchev–Trinajstić information content (AvgIpc) is 2.71. The molecule has 0 atom stereocenters. The molecule has 0 radical (unpaired) electrons. The number of rotatable bonds is 2. The van der Waals surface area contributed by atoms with Crippen molar-refractivity contribution in [3.8, 4) is 11.3 Å². The number of nitro groups is 1. The molecule has 0 fully saturated rings. The van der Waals surface area contributed by atoms with Gasteiger partial charge in [-0.1, -0.05) is 0 Å². The minimum atomic E-state index is -0.403. The maximum Gasteiger partial charge on any atom is 0.269 e. The first-order valence-corrected chi connectivity index (χ1v) is 6.59. The summed E-state index contributed by atoms with van der Waals surface area (Å²) < 4.78 is 2.77. The van der Waals surface area contributed by atoms with E-state index in [1.807, 2.05) is 4.68 Å². The lowest BCUT2D eigenvalue weighted by Gasteiger charge is -2.22. The molecule has 0 aliphatic rings. The summed E-state index contributed by atoms with van der Waals surface area (Å²) in [4.78, 5) is 10.3. The monoisotopic (exact) mass is 323 g/mol. The van der Waals surface area contributed by atoms with Crippen LogP contribution in [0.3, 0.4) is 0 Å². The van der Waals surface area contributed by atoms with Crippen LogP contribution in [-0.4, -0.2) is 14.7 Å². The zero-order chi connectivity index (χ0) is 14.2. The Bertz CT molecular complexity index is 612. The van der Waals surface area contributed by atoms with E-state index < -0.39 is 4.92 Å². The zero-order valence-corrected chi connectivity index (χ0v) is 12.5. The Balaban J connectivity index is 2.53. The number of benzene rings is 1. The van der Waals surface area contributed by atoms with Gasteiger partial charge in [0.1, 0.15) is 0 Å². The van der Waals surface area contributed by atoms with Gasteiger partial charge in [0.2, 0.25) is 0 Å². The Labute approximate surface area is 119 Å². The zero-order valence-electron chi connectivity index (χ0n) is 10.9. The van der Waals surface area contributed by atoms with E-state index in [1.54, 1.807) is 18.3 Å². The van der Waals surface area contributed by atoms with Crippen molar-refractivity contribution in [2.75, 3.05) is 0 Å². The third-order valence-electron chi connectivity index (χ3n) is 2.71. The van der Waals surface area contributed by atoms with Gasteiger partial charge in [-0.05, 0) is 48.8 Å². The molecule has 0 saturated heterocycles. The molecular formula is C13H14BrN3O2. The number of nitro benzene ring substituents is 1. The summed E-state index contributed by atoms with van der Waals surface area (Å²) in [7, 11) is 0. The van der Waals surface area contributed by atoms with Crippen LogP contribution in [0.25, 0.3) is 11.3 Å². The van der Waals surface area contributed by atoms with Crippen LogP contribution in [-0.2, 0) is 5.54 Å². The van der Waals surface area contributed by atoms with Crippen molar-refractivity contribution in [3.05, 3.63) is 45.0 Å². The van der Waals surface area contributed by atoms with E-state index in [0.29, 0.717) is 0 Å². The van der Waals surface area contributed by atoms with Gasteiger partial charge in [-0.3, -0.25) is 14.8 Å². The molecule has 19 heavy (non-hydrogen) atoms. The Hall–Kier alpha value is -1.69. The molecule has 0 amide bonds. The summed E-state index contributed by atoms with van der Waals surface area (Å²) >= 11 is 3.48. The van der Waals surface area contributed by atoms with Crippen LogP contribution in [0, 0.1) is 10.1 Å². The number of nitrogens with zero attached hydrogens (tertiary/aromatic N) is 3. The SMILES string of the molecule is CC(C)(C)n1ncc(Br)c1-c1ccc([N+](=O)[O-])cc1. The van der Waals surface area contributed by atoms with Crippen LogP contribution in [0.15, 0.2) is 34.9 Å². The van der Waals surface area contributed by atoms with E-state index >= 15 is 0 Å². The second kappa shape index (κ2) is 4.77. The third kappa shape index (κ3) is 2.68. The molecule has 0 aliphatic heterocycles. The first-order valence-electron chi connectivity index (χ1n) is 5.79. The summed E-state index contributed by atoms with van der Waals surface area (Å²) in [6.07, 6.45) is 1.74. The van der Waals surface area contributed by atoms with Crippen LogP contribution in [0.4, 0.5) is 5.69 Å². The van der Waals surface area contributed by atoms with Gasteiger partial charge in [0.05, 0.1) is 26.8 Å². The van der Waals surface area contributed by atoms with Crippen LogP contribution in [0.5, 0.6) is 0 Å². The highest BCUT2D eigenvalue weighted by molar-refractivity contribution is 9.10. The van der Waals surface area contributed by atoms with Crippen LogP contribution >= 0.6 is 15.9 Å². The van der Waals surface area contributed by atoms with Gasteiger partial charge >= 0.3 is 0 Å². The lowest BCUT2D eigenvalue weighted by Crippen LogP contribution is -2.23. The summed E-state index contributed by atoms with van der Waals surface area (Å²) in [6.45, 7) is 6.17. The fourth-order valence-electron chi connectivity index (χ4n) is 1.84. The molecule has 5 nitrogen and oxygen atoms in total. The summed E-state index contributed by atoms with van der Waals surface area (Å²) in [5.41, 5.74) is 1.73. The minimum absolute atomic E-state index is 0.0849. The molecule has 2 rings (SSSR count). The van der Waals surface area contributed by atoms with Gasteiger partial charge in [-0.15, -0.1) is 0 Å². The van der Waals surface area contributed by atoms with E-state index in [9.17, 15) is 10.1 Å². The van der Waals surface area contributed by atoms with Crippen molar-refractivity contribution in [2.45, 2.75) is 26.3 Å². The van der Waals surface area contributed by atoms with Gasteiger partial charge in [0, 0.05) is 17.7 Å². The molecule has 0 saturated carbocycles. The first-order chi connectivity index (χ1) is 8.80. The normalized spacial score (nSPS) is 11.6. The largest absolute Gasteiger partial charge is 0.269 e. The van der Waals surface area contributed by atoms with Crippen molar-refractivity contribution < 1.29 is 4.92 Å². The van der Waals surface area contributed by atoms with Crippen molar-refractivity contribution in [2.24, 2.45) is 0 Å². The second-order valence-corrected chi connectivity index (χ2v) is 6.08. The molecule has 0 aliphatic carbocycles. The Morgan fingerprint density at radius 3 is 2.32 bits per heavy atom. The summed E-state index contributed by atoms with van der Waals surface area (Å²) in [5, 5.41) is 15.0. The molecule has 2 aromatic rings. The minimum Gasteiger partial charge on any atom is -0.258 e. The average molecular weight is 324 g/mol.